The van der Waals surface area contributed by atoms with Gasteiger partial charge in [0.1, 0.15) is 12.4 Å². The molecule has 19 heavy (non-hydrogen) atoms. The van der Waals surface area contributed by atoms with E-state index in [0.717, 1.165) is 23.8 Å². The quantitative estimate of drug-likeness (QED) is 0.774. The molecule has 0 aromatic heterocycles. The van der Waals surface area contributed by atoms with E-state index in [1.807, 2.05) is 29.2 Å². The fourth-order valence-corrected chi connectivity index (χ4v) is 4.15. The zero-order chi connectivity index (χ0) is 12.8. The minimum atomic E-state index is 0.268. The molecule has 3 aliphatic rings. The van der Waals surface area contributed by atoms with Crippen LogP contribution in [-0.4, -0.2) is 19.1 Å². The summed E-state index contributed by atoms with van der Waals surface area (Å²) in [5.41, 5.74) is 0.960. The summed E-state index contributed by atoms with van der Waals surface area (Å²) in [6, 6.07) is 7.90. The van der Waals surface area contributed by atoms with Gasteiger partial charge in [0.2, 0.25) is 5.91 Å². The van der Waals surface area contributed by atoms with E-state index in [1.54, 1.807) is 0 Å². The number of ether oxygens (including phenoxy) is 1. The van der Waals surface area contributed by atoms with Gasteiger partial charge in [0.25, 0.3) is 0 Å². The fourth-order valence-electron chi connectivity index (χ4n) is 4.15. The molecule has 0 radical (unpaired) electrons. The molecule has 2 saturated carbocycles. The van der Waals surface area contributed by atoms with Crippen LogP contribution in [0.4, 0.5) is 5.69 Å². The van der Waals surface area contributed by atoms with Gasteiger partial charge in [0.05, 0.1) is 12.2 Å². The molecule has 3 heteroatoms. The number of carbonyl (C=O) groups excluding carboxylic acids is 1. The average Bonchev–Trinajstić information content (AvgIpc) is 3.08. The Morgan fingerprint density at radius 2 is 2.11 bits per heavy atom. The highest BCUT2D eigenvalue weighted by Crippen LogP contribution is 2.49. The Kier molecular flexibility index (Phi) is 2.54. The summed E-state index contributed by atoms with van der Waals surface area (Å²) in [6.45, 7) is 1.31. The van der Waals surface area contributed by atoms with Gasteiger partial charge in [-0.3, -0.25) is 4.79 Å². The van der Waals surface area contributed by atoms with Gasteiger partial charge in [-0.15, -0.1) is 0 Å². The van der Waals surface area contributed by atoms with Crippen molar-refractivity contribution in [2.75, 3.05) is 18.1 Å². The van der Waals surface area contributed by atoms with Crippen molar-refractivity contribution in [2.24, 2.45) is 17.8 Å². The Hall–Kier alpha value is -1.51. The third-order valence-electron chi connectivity index (χ3n) is 5.05. The Morgan fingerprint density at radius 3 is 2.89 bits per heavy atom. The second kappa shape index (κ2) is 4.26. The third-order valence-corrected chi connectivity index (χ3v) is 5.05. The van der Waals surface area contributed by atoms with E-state index in [-0.39, 0.29) is 5.92 Å². The van der Waals surface area contributed by atoms with Crippen LogP contribution in [-0.2, 0) is 4.79 Å². The maximum Gasteiger partial charge on any atom is 0.230 e. The summed E-state index contributed by atoms with van der Waals surface area (Å²) < 4.78 is 5.63. The minimum Gasteiger partial charge on any atom is -0.490 e. The first kappa shape index (κ1) is 11.3. The molecule has 2 bridgehead atoms. The van der Waals surface area contributed by atoms with Crippen molar-refractivity contribution in [1.29, 1.82) is 0 Å². The van der Waals surface area contributed by atoms with Gasteiger partial charge >= 0.3 is 0 Å². The van der Waals surface area contributed by atoms with Crippen LogP contribution in [0, 0.1) is 17.8 Å². The lowest BCUT2D eigenvalue weighted by atomic mass is 9.87. The standard InChI is InChI=1S/C16H19NO2/c18-16(13-10-11-5-6-12(13)9-11)17-7-8-19-15-4-2-1-3-14(15)17/h1-4,11-13H,5-10H2/t11-,12-,13+/m0/s1. The van der Waals surface area contributed by atoms with E-state index in [0.29, 0.717) is 25.0 Å². The molecule has 100 valence electrons. The number of benzene rings is 1. The molecular formula is C16H19NO2. The van der Waals surface area contributed by atoms with E-state index in [2.05, 4.69) is 0 Å². The first-order valence-corrected chi connectivity index (χ1v) is 7.36. The minimum absolute atomic E-state index is 0.268. The van der Waals surface area contributed by atoms with Crippen molar-refractivity contribution in [2.45, 2.75) is 25.7 Å². The number of hydrogen-bond donors (Lipinski definition) is 0. The SMILES string of the molecule is O=C([C@@H]1C[C@H]2CC[C@H]1C2)N1CCOc2ccccc21. The van der Waals surface area contributed by atoms with Crippen LogP contribution in [0.1, 0.15) is 25.7 Å². The first-order valence-electron chi connectivity index (χ1n) is 7.36. The number of nitrogens with zero attached hydrogens (tertiary/aromatic N) is 1. The number of anilines is 1. The van der Waals surface area contributed by atoms with Crippen LogP contribution >= 0.6 is 0 Å². The van der Waals surface area contributed by atoms with Crippen molar-refractivity contribution >= 4 is 11.6 Å². The summed E-state index contributed by atoms with van der Waals surface area (Å²) >= 11 is 0. The zero-order valence-corrected chi connectivity index (χ0v) is 11.0. The Morgan fingerprint density at radius 1 is 1.21 bits per heavy atom. The molecule has 1 aliphatic heterocycles. The van der Waals surface area contributed by atoms with Crippen LogP contribution in [0.5, 0.6) is 5.75 Å². The molecule has 2 fully saturated rings. The lowest BCUT2D eigenvalue weighted by molar-refractivity contribution is -0.124. The van der Waals surface area contributed by atoms with Crippen molar-refractivity contribution in [3.8, 4) is 5.75 Å². The fraction of sp³-hybridized carbons (Fsp3) is 0.562. The molecule has 0 spiro atoms. The van der Waals surface area contributed by atoms with Crippen molar-refractivity contribution < 1.29 is 9.53 Å². The maximum atomic E-state index is 12.8. The Labute approximate surface area is 113 Å². The molecule has 1 aromatic rings. The first-order chi connectivity index (χ1) is 9.33. The average molecular weight is 257 g/mol. The summed E-state index contributed by atoms with van der Waals surface area (Å²) in [5, 5.41) is 0. The van der Waals surface area contributed by atoms with Crippen molar-refractivity contribution in [3.63, 3.8) is 0 Å². The number of para-hydroxylation sites is 2. The normalized spacial score (nSPS) is 32.0. The Bertz CT molecular complexity index is 513. The highest BCUT2D eigenvalue weighted by molar-refractivity contribution is 5.97. The number of hydrogen-bond acceptors (Lipinski definition) is 2. The molecule has 1 aromatic carbocycles. The highest BCUT2D eigenvalue weighted by Gasteiger charge is 2.45. The monoisotopic (exact) mass is 257 g/mol. The predicted octanol–water partition coefficient (Wildman–Crippen LogP) is 2.85. The number of carbonyl (C=O) groups is 1. The summed E-state index contributed by atoms with van der Waals surface area (Å²) in [6.07, 6.45) is 4.99. The van der Waals surface area contributed by atoms with Crippen LogP contribution < -0.4 is 9.64 Å². The molecule has 1 amide bonds. The van der Waals surface area contributed by atoms with Gasteiger partial charge in [0.15, 0.2) is 0 Å². The van der Waals surface area contributed by atoms with Gasteiger partial charge in [-0.2, -0.15) is 0 Å². The van der Waals surface area contributed by atoms with Crippen LogP contribution in [0.3, 0.4) is 0 Å². The molecule has 0 unspecified atom stereocenters. The number of amides is 1. The summed E-state index contributed by atoms with van der Waals surface area (Å²) in [4.78, 5) is 14.8. The van der Waals surface area contributed by atoms with Gasteiger partial charge in [-0.05, 0) is 43.2 Å². The molecule has 2 aliphatic carbocycles. The third kappa shape index (κ3) is 1.75. The van der Waals surface area contributed by atoms with E-state index in [9.17, 15) is 4.79 Å². The highest BCUT2D eigenvalue weighted by atomic mass is 16.5. The number of rotatable bonds is 1. The van der Waals surface area contributed by atoms with Crippen molar-refractivity contribution in [1.82, 2.24) is 0 Å². The largest absolute Gasteiger partial charge is 0.490 e. The molecule has 3 atom stereocenters. The summed E-state index contributed by atoms with van der Waals surface area (Å²) in [5.74, 6) is 2.92. The summed E-state index contributed by atoms with van der Waals surface area (Å²) in [7, 11) is 0. The van der Waals surface area contributed by atoms with Gasteiger partial charge in [-0.25, -0.2) is 0 Å². The lowest BCUT2D eigenvalue weighted by Gasteiger charge is -2.33. The van der Waals surface area contributed by atoms with Gasteiger partial charge < -0.3 is 9.64 Å². The second-order valence-corrected chi connectivity index (χ2v) is 6.09. The second-order valence-electron chi connectivity index (χ2n) is 6.09. The van der Waals surface area contributed by atoms with E-state index < -0.39 is 0 Å². The number of fused-ring (bicyclic) bond motifs is 3. The van der Waals surface area contributed by atoms with Crippen molar-refractivity contribution in [3.05, 3.63) is 24.3 Å². The maximum absolute atomic E-state index is 12.8. The lowest BCUT2D eigenvalue weighted by Crippen LogP contribution is -2.42. The van der Waals surface area contributed by atoms with Gasteiger partial charge in [0, 0.05) is 5.92 Å². The molecule has 4 rings (SSSR count). The van der Waals surface area contributed by atoms with Crippen LogP contribution in [0.15, 0.2) is 24.3 Å². The van der Waals surface area contributed by atoms with Gasteiger partial charge in [-0.1, -0.05) is 18.6 Å². The molecule has 0 N–H and O–H groups in total. The van der Waals surface area contributed by atoms with E-state index >= 15 is 0 Å². The molecule has 1 heterocycles. The smallest absolute Gasteiger partial charge is 0.230 e. The molecular weight excluding hydrogens is 238 g/mol. The molecule has 3 nitrogen and oxygen atoms in total. The Balaban J connectivity index is 1.61. The zero-order valence-electron chi connectivity index (χ0n) is 11.0. The van der Waals surface area contributed by atoms with Crippen LogP contribution in [0.25, 0.3) is 0 Å². The van der Waals surface area contributed by atoms with Crippen LogP contribution in [0.2, 0.25) is 0 Å². The van der Waals surface area contributed by atoms with E-state index in [4.69, 9.17) is 4.74 Å². The van der Waals surface area contributed by atoms with E-state index in [1.165, 1.54) is 19.3 Å². The topological polar surface area (TPSA) is 29.5 Å². The predicted molar refractivity (Wildman–Crippen MR) is 73.2 cm³/mol. The molecule has 0 saturated heterocycles.